The first-order valence-electron chi connectivity index (χ1n) is 6.45. The van der Waals surface area contributed by atoms with Crippen LogP contribution in [-0.2, 0) is 13.0 Å². The lowest BCUT2D eigenvalue weighted by Crippen LogP contribution is -2.32. The molecule has 2 rings (SSSR count). The van der Waals surface area contributed by atoms with Crippen molar-refractivity contribution in [1.29, 1.82) is 0 Å². The van der Waals surface area contributed by atoms with Gasteiger partial charge in [0, 0.05) is 18.4 Å². The molecule has 1 N–H and O–H groups in total. The lowest BCUT2D eigenvalue weighted by Gasteiger charge is -2.24. The maximum atomic E-state index is 4.28. The zero-order valence-corrected chi connectivity index (χ0v) is 10.4. The molecule has 1 atom stereocenters. The lowest BCUT2D eigenvalue weighted by molar-refractivity contribution is 0.332. The van der Waals surface area contributed by atoms with E-state index in [2.05, 4.69) is 28.7 Å². The van der Waals surface area contributed by atoms with Crippen molar-refractivity contribution >= 4 is 0 Å². The molecule has 16 heavy (non-hydrogen) atoms. The quantitative estimate of drug-likeness (QED) is 0.843. The Morgan fingerprint density at radius 2 is 2.44 bits per heavy atom. The summed E-state index contributed by atoms with van der Waals surface area (Å²) in [5, 5.41) is 3.47. The number of nitrogens with one attached hydrogen (secondary N) is 1. The molecule has 0 spiro atoms. The monoisotopic (exact) mass is 221 g/mol. The van der Waals surface area contributed by atoms with Gasteiger partial charge in [0.25, 0.3) is 0 Å². The average molecular weight is 221 g/mol. The summed E-state index contributed by atoms with van der Waals surface area (Å²) in [4.78, 5) is 4.28. The molecule has 1 unspecified atom stereocenters. The van der Waals surface area contributed by atoms with Gasteiger partial charge in [-0.2, -0.15) is 0 Å². The molecule has 1 aliphatic rings. The fourth-order valence-electron chi connectivity index (χ4n) is 2.46. The number of nitrogens with zero attached hydrogens (tertiary/aromatic N) is 2. The highest BCUT2D eigenvalue weighted by Crippen LogP contribution is 2.15. The standard InChI is InChI=1S/C13H23N3/c1-11(2)6-13-8-15-10-16(13)9-12-4-3-5-14-7-12/h8,10-12,14H,3-7,9H2,1-2H3. The molecule has 0 amide bonds. The molecule has 0 bridgehead atoms. The molecule has 0 aliphatic carbocycles. The fraction of sp³-hybridized carbons (Fsp3) is 0.769. The van der Waals surface area contributed by atoms with Crippen molar-refractivity contribution in [3.05, 3.63) is 18.2 Å². The van der Waals surface area contributed by atoms with Crippen LogP contribution in [0.15, 0.2) is 12.5 Å². The number of aromatic nitrogens is 2. The Morgan fingerprint density at radius 1 is 1.56 bits per heavy atom. The van der Waals surface area contributed by atoms with Gasteiger partial charge in [0.15, 0.2) is 0 Å². The smallest absolute Gasteiger partial charge is 0.0948 e. The van der Waals surface area contributed by atoms with Gasteiger partial charge in [0.2, 0.25) is 0 Å². The number of hydrogen-bond donors (Lipinski definition) is 1. The van der Waals surface area contributed by atoms with E-state index in [9.17, 15) is 0 Å². The van der Waals surface area contributed by atoms with Crippen LogP contribution in [-0.4, -0.2) is 22.6 Å². The summed E-state index contributed by atoms with van der Waals surface area (Å²) in [5.74, 6) is 1.49. The highest BCUT2D eigenvalue weighted by atomic mass is 15.1. The van der Waals surface area contributed by atoms with Crippen LogP contribution in [0.3, 0.4) is 0 Å². The van der Waals surface area contributed by atoms with Crippen molar-refractivity contribution in [2.45, 2.75) is 39.7 Å². The van der Waals surface area contributed by atoms with Crippen molar-refractivity contribution in [2.24, 2.45) is 11.8 Å². The third-order valence-corrected chi connectivity index (χ3v) is 3.27. The van der Waals surface area contributed by atoms with E-state index in [1.807, 2.05) is 12.5 Å². The van der Waals surface area contributed by atoms with Crippen LogP contribution in [0.4, 0.5) is 0 Å². The van der Waals surface area contributed by atoms with E-state index in [-0.39, 0.29) is 0 Å². The maximum Gasteiger partial charge on any atom is 0.0948 e. The Kier molecular flexibility index (Phi) is 3.99. The lowest BCUT2D eigenvalue weighted by atomic mass is 9.99. The van der Waals surface area contributed by atoms with Gasteiger partial charge in [0.05, 0.1) is 6.33 Å². The van der Waals surface area contributed by atoms with Gasteiger partial charge in [-0.05, 0) is 44.2 Å². The van der Waals surface area contributed by atoms with E-state index in [1.165, 1.54) is 31.6 Å². The first kappa shape index (κ1) is 11.6. The zero-order chi connectivity index (χ0) is 11.4. The van der Waals surface area contributed by atoms with Gasteiger partial charge in [-0.3, -0.25) is 0 Å². The van der Waals surface area contributed by atoms with Crippen LogP contribution in [0, 0.1) is 11.8 Å². The number of hydrogen-bond acceptors (Lipinski definition) is 2. The van der Waals surface area contributed by atoms with E-state index in [4.69, 9.17) is 0 Å². The molecular formula is C13H23N3. The molecule has 1 fully saturated rings. The van der Waals surface area contributed by atoms with Crippen LogP contribution in [0.25, 0.3) is 0 Å². The minimum Gasteiger partial charge on any atom is -0.334 e. The summed E-state index contributed by atoms with van der Waals surface area (Å²) in [7, 11) is 0. The summed E-state index contributed by atoms with van der Waals surface area (Å²) in [6, 6.07) is 0. The van der Waals surface area contributed by atoms with E-state index in [0.29, 0.717) is 5.92 Å². The molecule has 0 radical (unpaired) electrons. The second-order valence-electron chi connectivity index (χ2n) is 5.35. The van der Waals surface area contributed by atoms with Gasteiger partial charge >= 0.3 is 0 Å². The summed E-state index contributed by atoms with van der Waals surface area (Å²) in [6.07, 6.45) is 7.83. The van der Waals surface area contributed by atoms with Crippen molar-refractivity contribution in [3.63, 3.8) is 0 Å². The van der Waals surface area contributed by atoms with Crippen LogP contribution in [0.2, 0.25) is 0 Å². The third kappa shape index (κ3) is 3.08. The molecule has 0 saturated carbocycles. The molecular weight excluding hydrogens is 198 g/mol. The average Bonchev–Trinajstić information content (AvgIpc) is 2.66. The fourth-order valence-corrected chi connectivity index (χ4v) is 2.46. The first-order chi connectivity index (χ1) is 7.75. The van der Waals surface area contributed by atoms with Gasteiger partial charge in [-0.25, -0.2) is 4.98 Å². The van der Waals surface area contributed by atoms with Gasteiger partial charge in [-0.1, -0.05) is 13.8 Å². The van der Waals surface area contributed by atoms with Gasteiger partial charge in [-0.15, -0.1) is 0 Å². The predicted molar refractivity (Wildman–Crippen MR) is 66.4 cm³/mol. The van der Waals surface area contributed by atoms with E-state index < -0.39 is 0 Å². The topological polar surface area (TPSA) is 29.9 Å². The Balaban J connectivity index is 1.94. The van der Waals surface area contributed by atoms with Crippen LogP contribution < -0.4 is 5.32 Å². The Hall–Kier alpha value is -0.830. The summed E-state index contributed by atoms with van der Waals surface area (Å²) < 4.78 is 2.34. The molecule has 1 saturated heterocycles. The van der Waals surface area contributed by atoms with Crippen molar-refractivity contribution in [1.82, 2.24) is 14.9 Å². The molecule has 1 aromatic rings. The van der Waals surface area contributed by atoms with E-state index in [1.54, 1.807) is 0 Å². The molecule has 90 valence electrons. The maximum absolute atomic E-state index is 4.28. The van der Waals surface area contributed by atoms with Crippen LogP contribution >= 0.6 is 0 Å². The first-order valence-corrected chi connectivity index (χ1v) is 6.45. The largest absolute Gasteiger partial charge is 0.334 e. The molecule has 2 heterocycles. The Morgan fingerprint density at radius 3 is 3.12 bits per heavy atom. The van der Waals surface area contributed by atoms with Crippen molar-refractivity contribution in [3.8, 4) is 0 Å². The second-order valence-corrected chi connectivity index (χ2v) is 5.35. The van der Waals surface area contributed by atoms with Crippen molar-refractivity contribution in [2.75, 3.05) is 13.1 Å². The van der Waals surface area contributed by atoms with Crippen LogP contribution in [0.5, 0.6) is 0 Å². The second kappa shape index (κ2) is 5.48. The number of imidazole rings is 1. The summed E-state index contributed by atoms with van der Waals surface area (Å²) in [6.45, 7) is 8.02. The normalized spacial score (nSPS) is 21.6. The molecule has 1 aromatic heterocycles. The van der Waals surface area contributed by atoms with E-state index in [0.717, 1.165) is 18.9 Å². The molecule has 1 aliphatic heterocycles. The Labute approximate surface area is 98.3 Å². The Bertz CT molecular complexity index is 311. The van der Waals surface area contributed by atoms with Gasteiger partial charge < -0.3 is 9.88 Å². The minimum atomic E-state index is 0.708. The highest BCUT2D eigenvalue weighted by molar-refractivity contribution is 4.99. The number of piperidine rings is 1. The minimum absolute atomic E-state index is 0.708. The molecule has 0 aromatic carbocycles. The summed E-state index contributed by atoms with van der Waals surface area (Å²) in [5.41, 5.74) is 1.39. The molecule has 3 nitrogen and oxygen atoms in total. The van der Waals surface area contributed by atoms with E-state index >= 15 is 0 Å². The predicted octanol–water partition coefficient (Wildman–Crippen LogP) is 2.08. The van der Waals surface area contributed by atoms with Gasteiger partial charge in [0.1, 0.15) is 0 Å². The van der Waals surface area contributed by atoms with Crippen LogP contribution in [0.1, 0.15) is 32.4 Å². The molecule has 3 heteroatoms. The zero-order valence-electron chi connectivity index (χ0n) is 10.4. The SMILES string of the molecule is CC(C)Cc1cncn1CC1CCCNC1. The summed E-state index contributed by atoms with van der Waals surface area (Å²) >= 11 is 0. The third-order valence-electron chi connectivity index (χ3n) is 3.27. The number of rotatable bonds is 4. The van der Waals surface area contributed by atoms with Crippen molar-refractivity contribution < 1.29 is 0 Å². The highest BCUT2D eigenvalue weighted by Gasteiger charge is 2.15.